The first-order valence-electron chi connectivity index (χ1n) is 9.35. The van der Waals surface area contributed by atoms with Crippen molar-refractivity contribution in [3.05, 3.63) is 41.4 Å². The number of carbonyl (C=O) groups excluding carboxylic acids is 3. The molecule has 0 aromatic heterocycles. The first-order chi connectivity index (χ1) is 13.8. The molecular weight excluding hydrogens is 379 g/mol. The van der Waals surface area contributed by atoms with Crippen LogP contribution in [0.2, 0.25) is 0 Å². The number of ether oxygens (including phenoxy) is 1. The molecule has 29 heavy (non-hydrogen) atoms. The van der Waals surface area contributed by atoms with Gasteiger partial charge in [0.1, 0.15) is 17.7 Å². The lowest BCUT2D eigenvalue weighted by Gasteiger charge is -2.43. The SMILES string of the molecule is COCCCN1C(C(=O)Nc2ccc(C)c(F)c2)=CC2C(=O)N(C)C(=O)N(C)C21. The molecule has 1 fully saturated rings. The molecule has 9 heteroatoms. The molecule has 8 nitrogen and oxygen atoms in total. The Hall–Kier alpha value is -2.94. The molecule has 1 aromatic rings. The van der Waals surface area contributed by atoms with Crippen molar-refractivity contribution in [3.63, 3.8) is 0 Å². The Labute approximate surface area is 168 Å². The average molecular weight is 404 g/mol. The van der Waals surface area contributed by atoms with E-state index in [9.17, 15) is 18.8 Å². The summed E-state index contributed by atoms with van der Waals surface area (Å²) in [4.78, 5) is 42.3. The number of aryl methyl sites for hydroxylation is 1. The van der Waals surface area contributed by atoms with Crippen molar-refractivity contribution >= 4 is 23.5 Å². The van der Waals surface area contributed by atoms with Gasteiger partial charge in [-0.05, 0) is 37.1 Å². The molecule has 0 spiro atoms. The predicted molar refractivity (Wildman–Crippen MR) is 104 cm³/mol. The number of methoxy groups -OCH3 is 1. The summed E-state index contributed by atoms with van der Waals surface area (Å²) in [5.74, 6) is -1.90. The zero-order valence-electron chi connectivity index (χ0n) is 16.9. The van der Waals surface area contributed by atoms with Gasteiger partial charge in [-0.3, -0.25) is 14.5 Å². The molecule has 3 rings (SSSR count). The van der Waals surface area contributed by atoms with E-state index in [1.54, 1.807) is 44.2 Å². The maximum Gasteiger partial charge on any atom is 0.327 e. The highest BCUT2D eigenvalue weighted by atomic mass is 19.1. The van der Waals surface area contributed by atoms with E-state index in [-0.39, 0.29) is 11.6 Å². The second kappa shape index (κ2) is 8.20. The van der Waals surface area contributed by atoms with Gasteiger partial charge in [0.25, 0.3) is 5.91 Å². The maximum atomic E-state index is 13.8. The number of urea groups is 1. The third-order valence-electron chi connectivity index (χ3n) is 5.30. The Morgan fingerprint density at radius 1 is 1.28 bits per heavy atom. The standard InChI is InChI=1S/C20H25FN4O4/c1-12-6-7-13(10-15(12)21)22-17(26)16-11-14-18(25(16)8-5-9-29-4)23(2)20(28)24(3)19(14)27/h6-7,10-11,14,18H,5,8-9H2,1-4H3,(H,22,26). The topological polar surface area (TPSA) is 82.2 Å². The summed E-state index contributed by atoms with van der Waals surface area (Å²) in [7, 11) is 4.61. The Morgan fingerprint density at radius 3 is 2.66 bits per heavy atom. The fraction of sp³-hybridized carbons (Fsp3) is 0.450. The van der Waals surface area contributed by atoms with E-state index in [0.717, 1.165) is 4.90 Å². The smallest absolute Gasteiger partial charge is 0.327 e. The summed E-state index contributed by atoms with van der Waals surface area (Å²) >= 11 is 0. The second-order valence-corrected chi connectivity index (χ2v) is 7.24. The molecule has 1 saturated heterocycles. The largest absolute Gasteiger partial charge is 0.385 e. The molecule has 0 radical (unpaired) electrons. The summed E-state index contributed by atoms with van der Waals surface area (Å²) in [5, 5.41) is 2.69. The number of hydrogen-bond donors (Lipinski definition) is 1. The number of fused-ring (bicyclic) bond motifs is 1. The number of benzene rings is 1. The van der Waals surface area contributed by atoms with Crippen molar-refractivity contribution in [2.45, 2.75) is 19.5 Å². The van der Waals surface area contributed by atoms with Gasteiger partial charge in [-0.2, -0.15) is 0 Å². The highest BCUT2D eigenvalue weighted by Crippen LogP contribution is 2.35. The molecule has 2 unspecified atom stereocenters. The predicted octanol–water partition coefficient (Wildman–Crippen LogP) is 1.77. The van der Waals surface area contributed by atoms with Crippen molar-refractivity contribution in [2.24, 2.45) is 5.92 Å². The van der Waals surface area contributed by atoms with E-state index < -0.39 is 29.8 Å². The van der Waals surface area contributed by atoms with Gasteiger partial charge in [0.05, 0.1) is 5.92 Å². The van der Waals surface area contributed by atoms with Gasteiger partial charge in [-0.25, -0.2) is 9.18 Å². The summed E-state index contributed by atoms with van der Waals surface area (Å²) in [6.45, 7) is 2.53. The van der Waals surface area contributed by atoms with E-state index in [4.69, 9.17) is 4.74 Å². The third kappa shape index (κ3) is 3.82. The minimum atomic E-state index is -0.652. The van der Waals surface area contributed by atoms with Gasteiger partial charge in [0.15, 0.2) is 0 Å². The minimum Gasteiger partial charge on any atom is -0.385 e. The van der Waals surface area contributed by atoms with Crippen LogP contribution in [0.3, 0.4) is 0 Å². The van der Waals surface area contributed by atoms with Crippen LogP contribution in [0.5, 0.6) is 0 Å². The zero-order chi connectivity index (χ0) is 21.3. The number of imide groups is 1. The minimum absolute atomic E-state index is 0.278. The normalized spacial score (nSPS) is 21.4. The molecule has 0 bridgehead atoms. The fourth-order valence-corrected chi connectivity index (χ4v) is 3.71. The Bertz CT molecular complexity index is 872. The number of hydrogen-bond acceptors (Lipinski definition) is 5. The molecule has 2 heterocycles. The number of halogens is 1. The summed E-state index contributed by atoms with van der Waals surface area (Å²) in [6, 6.07) is 4.01. The van der Waals surface area contributed by atoms with Crippen LogP contribution in [0.15, 0.2) is 30.0 Å². The van der Waals surface area contributed by atoms with Crippen LogP contribution < -0.4 is 5.32 Å². The van der Waals surface area contributed by atoms with Crippen LogP contribution in [-0.4, -0.2) is 73.1 Å². The Kier molecular flexibility index (Phi) is 5.88. The first-order valence-corrected chi connectivity index (χ1v) is 9.35. The number of rotatable bonds is 6. The summed E-state index contributed by atoms with van der Waals surface area (Å²) < 4.78 is 18.9. The number of amides is 4. The molecule has 2 aliphatic rings. The van der Waals surface area contributed by atoms with Gasteiger partial charge >= 0.3 is 6.03 Å². The summed E-state index contributed by atoms with van der Waals surface area (Å²) in [6.07, 6.45) is 1.60. The van der Waals surface area contributed by atoms with Crippen molar-refractivity contribution in [2.75, 3.05) is 39.7 Å². The first kappa shape index (κ1) is 20.8. The van der Waals surface area contributed by atoms with Crippen molar-refractivity contribution < 1.29 is 23.5 Å². The van der Waals surface area contributed by atoms with E-state index in [2.05, 4.69) is 5.32 Å². The highest BCUT2D eigenvalue weighted by Gasteiger charge is 2.50. The highest BCUT2D eigenvalue weighted by molar-refractivity contribution is 6.06. The van der Waals surface area contributed by atoms with Crippen LogP contribution in [0.25, 0.3) is 0 Å². The lowest BCUT2D eigenvalue weighted by molar-refractivity contribution is -0.137. The number of nitrogens with zero attached hydrogens (tertiary/aromatic N) is 3. The van der Waals surface area contributed by atoms with E-state index in [0.29, 0.717) is 30.8 Å². The Balaban J connectivity index is 1.89. The van der Waals surface area contributed by atoms with Crippen molar-refractivity contribution in [1.82, 2.24) is 14.7 Å². The van der Waals surface area contributed by atoms with E-state index >= 15 is 0 Å². The van der Waals surface area contributed by atoms with Gasteiger partial charge in [0, 0.05) is 40.0 Å². The molecule has 156 valence electrons. The number of carbonyl (C=O) groups is 3. The lowest BCUT2D eigenvalue weighted by atomic mass is 10.0. The van der Waals surface area contributed by atoms with Gasteiger partial charge < -0.3 is 19.9 Å². The Morgan fingerprint density at radius 2 is 2.00 bits per heavy atom. The maximum absolute atomic E-state index is 13.8. The van der Waals surface area contributed by atoms with Gasteiger partial charge in [-0.1, -0.05) is 6.07 Å². The van der Waals surface area contributed by atoms with Crippen LogP contribution in [-0.2, 0) is 14.3 Å². The molecule has 2 aliphatic heterocycles. The van der Waals surface area contributed by atoms with Crippen LogP contribution in [0.1, 0.15) is 12.0 Å². The van der Waals surface area contributed by atoms with Crippen molar-refractivity contribution in [3.8, 4) is 0 Å². The van der Waals surface area contributed by atoms with Crippen LogP contribution in [0.4, 0.5) is 14.9 Å². The number of nitrogens with one attached hydrogen (secondary N) is 1. The molecule has 4 amide bonds. The zero-order valence-corrected chi connectivity index (χ0v) is 16.9. The van der Waals surface area contributed by atoms with Crippen LogP contribution in [0, 0.1) is 18.7 Å². The lowest BCUT2D eigenvalue weighted by Crippen LogP contribution is -2.62. The third-order valence-corrected chi connectivity index (χ3v) is 5.30. The van der Waals surface area contributed by atoms with Gasteiger partial charge in [0.2, 0.25) is 5.91 Å². The van der Waals surface area contributed by atoms with E-state index in [1.807, 2.05) is 0 Å². The molecule has 2 atom stereocenters. The molecule has 1 aromatic carbocycles. The fourth-order valence-electron chi connectivity index (χ4n) is 3.71. The molecule has 0 aliphatic carbocycles. The average Bonchev–Trinajstić information content (AvgIpc) is 3.07. The molecule has 0 saturated carbocycles. The van der Waals surface area contributed by atoms with Crippen LogP contribution >= 0.6 is 0 Å². The van der Waals surface area contributed by atoms with Crippen molar-refractivity contribution in [1.29, 1.82) is 0 Å². The monoisotopic (exact) mass is 404 g/mol. The number of anilines is 1. The molecule has 1 N–H and O–H groups in total. The van der Waals surface area contributed by atoms with E-state index in [1.165, 1.54) is 18.0 Å². The van der Waals surface area contributed by atoms with Gasteiger partial charge in [-0.15, -0.1) is 0 Å². The quantitative estimate of drug-likeness (QED) is 0.731. The summed E-state index contributed by atoms with van der Waals surface area (Å²) in [5.41, 5.74) is 1.07. The molecular formula is C20H25FN4O4. The second-order valence-electron chi connectivity index (χ2n) is 7.24.